The average Bonchev–Trinajstić information content (AvgIpc) is 2.78. The van der Waals surface area contributed by atoms with E-state index in [-0.39, 0.29) is 6.04 Å². The van der Waals surface area contributed by atoms with Gasteiger partial charge in [-0.05, 0) is 49.6 Å². The molecule has 5 heteroatoms. The van der Waals surface area contributed by atoms with Gasteiger partial charge >= 0.3 is 0 Å². The lowest BCUT2D eigenvalue weighted by Crippen LogP contribution is -2.49. The number of hydrogen-bond acceptors (Lipinski definition) is 3. The molecule has 0 aromatic heterocycles. The van der Waals surface area contributed by atoms with Crippen molar-refractivity contribution in [2.75, 3.05) is 26.2 Å². The first-order valence-corrected chi connectivity index (χ1v) is 12.2. The molecule has 1 saturated heterocycles. The first-order chi connectivity index (χ1) is 14.9. The van der Waals surface area contributed by atoms with Gasteiger partial charge in [-0.3, -0.25) is 4.90 Å². The van der Waals surface area contributed by atoms with Crippen LogP contribution in [0, 0.1) is 20.8 Å². The number of rotatable bonds is 5. The van der Waals surface area contributed by atoms with Crippen LogP contribution in [0.2, 0.25) is 0 Å². The Morgan fingerprint density at radius 1 is 0.742 bits per heavy atom. The fraction of sp³-hybridized carbons (Fsp3) is 0.308. The molecule has 162 valence electrons. The van der Waals surface area contributed by atoms with Gasteiger partial charge in [0.05, 0.1) is 10.9 Å². The Balaban J connectivity index is 1.60. The van der Waals surface area contributed by atoms with Crippen LogP contribution < -0.4 is 0 Å². The number of hydrogen-bond donors (Lipinski definition) is 0. The molecule has 1 unspecified atom stereocenters. The van der Waals surface area contributed by atoms with E-state index in [0.29, 0.717) is 31.1 Å². The molecule has 1 heterocycles. The van der Waals surface area contributed by atoms with Gasteiger partial charge in [0.1, 0.15) is 0 Å². The zero-order valence-electron chi connectivity index (χ0n) is 18.5. The second-order valence-electron chi connectivity index (χ2n) is 8.43. The summed E-state index contributed by atoms with van der Waals surface area (Å²) in [5, 5.41) is 0. The highest BCUT2D eigenvalue weighted by atomic mass is 32.2. The van der Waals surface area contributed by atoms with Crippen molar-refractivity contribution in [1.82, 2.24) is 9.21 Å². The number of sulfonamides is 1. The van der Waals surface area contributed by atoms with Gasteiger partial charge in [-0.25, -0.2) is 8.42 Å². The van der Waals surface area contributed by atoms with Crippen LogP contribution in [0.15, 0.2) is 77.7 Å². The van der Waals surface area contributed by atoms with E-state index in [9.17, 15) is 8.42 Å². The van der Waals surface area contributed by atoms with Crippen LogP contribution in [0.3, 0.4) is 0 Å². The maximum absolute atomic E-state index is 13.1. The van der Waals surface area contributed by atoms with Crippen molar-refractivity contribution >= 4 is 10.0 Å². The molecule has 3 aromatic rings. The zero-order valence-corrected chi connectivity index (χ0v) is 19.3. The van der Waals surface area contributed by atoms with Gasteiger partial charge in [0.2, 0.25) is 10.0 Å². The maximum atomic E-state index is 13.1. The highest BCUT2D eigenvalue weighted by molar-refractivity contribution is 7.89. The van der Waals surface area contributed by atoms with Gasteiger partial charge in [0.15, 0.2) is 0 Å². The molecule has 1 fully saturated rings. The predicted molar refractivity (Wildman–Crippen MR) is 126 cm³/mol. The van der Waals surface area contributed by atoms with Gasteiger partial charge in [0.25, 0.3) is 0 Å². The van der Waals surface area contributed by atoms with Crippen LogP contribution in [-0.2, 0) is 10.0 Å². The molecule has 0 bridgehead atoms. The number of piperazine rings is 1. The molecule has 0 N–H and O–H groups in total. The number of aryl methyl sites for hydroxylation is 3. The van der Waals surface area contributed by atoms with Crippen LogP contribution in [-0.4, -0.2) is 43.8 Å². The molecule has 0 saturated carbocycles. The topological polar surface area (TPSA) is 40.6 Å². The molecule has 0 radical (unpaired) electrons. The standard InChI is InChI=1S/C26H30N2O2S/c1-20-10-13-24(14-11-20)31(29,30)28-17-15-27(16-18-28)26(23-7-5-4-6-8-23)25-19-21(2)9-12-22(25)3/h4-14,19,26H,15-18H2,1-3H3. The van der Waals surface area contributed by atoms with Crippen LogP contribution in [0.5, 0.6) is 0 Å². The summed E-state index contributed by atoms with van der Waals surface area (Å²) in [5.41, 5.74) is 6.09. The van der Waals surface area contributed by atoms with Crippen LogP contribution >= 0.6 is 0 Å². The summed E-state index contributed by atoms with van der Waals surface area (Å²) < 4.78 is 27.9. The van der Waals surface area contributed by atoms with Gasteiger partial charge < -0.3 is 0 Å². The van der Waals surface area contributed by atoms with E-state index in [1.807, 2.05) is 25.1 Å². The smallest absolute Gasteiger partial charge is 0.243 e. The first-order valence-electron chi connectivity index (χ1n) is 10.8. The van der Waals surface area contributed by atoms with Crippen molar-refractivity contribution in [3.05, 3.63) is 101 Å². The minimum atomic E-state index is -3.47. The largest absolute Gasteiger partial charge is 0.290 e. The summed E-state index contributed by atoms with van der Waals surface area (Å²) in [4.78, 5) is 2.79. The second-order valence-corrected chi connectivity index (χ2v) is 10.4. The van der Waals surface area contributed by atoms with Gasteiger partial charge in [-0.15, -0.1) is 0 Å². The van der Waals surface area contributed by atoms with E-state index in [1.54, 1.807) is 16.4 Å². The fourth-order valence-corrected chi connectivity index (χ4v) is 5.76. The van der Waals surface area contributed by atoms with E-state index >= 15 is 0 Å². The van der Waals surface area contributed by atoms with Crippen molar-refractivity contribution in [3.63, 3.8) is 0 Å². The quantitative estimate of drug-likeness (QED) is 0.584. The Kier molecular flexibility index (Phi) is 6.28. The highest BCUT2D eigenvalue weighted by Gasteiger charge is 2.32. The lowest BCUT2D eigenvalue weighted by atomic mass is 9.92. The summed E-state index contributed by atoms with van der Waals surface area (Å²) >= 11 is 0. The molecule has 0 spiro atoms. The van der Waals surface area contributed by atoms with E-state index in [1.165, 1.54) is 22.3 Å². The highest BCUT2D eigenvalue weighted by Crippen LogP contribution is 2.33. The molecule has 1 aliphatic heterocycles. The lowest BCUT2D eigenvalue weighted by Gasteiger charge is -2.39. The van der Waals surface area contributed by atoms with Gasteiger partial charge in [0, 0.05) is 26.2 Å². The molecule has 4 rings (SSSR count). The Labute approximate surface area is 186 Å². The van der Waals surface area contributed by atoms with Crippen LogP contribution in [0.4, 0.5) is 0 Å². The van der Waals surface area contributed by atoms with Gasteiger partial charge in [-0.2, -0.15) is 4.31 Å². The van der Waals surface area contributed by atoms with Crippen molar-refractivity contribution in [3.8, 4) is 0 Å². The number of nitrogens with zero attached hydrogens (tertiary/aromatic N) is 2. The van der Waals surface area contributed by atoms with Crippen LogP contribution in [0.25, 0.3) is 0 Å². The summed E-state index contributed by atoms with van der Waals surface area (Å²) in [6.45, 7) is 8.61. The Bertz CT molecular complexity index is 1130. The van der Waals surface area contributed by atoms with Crippen LogP contribution in [0.1, 0.15) is 33.9 Å². The molecule has 1 atom stereocenters. The molecule has 3 aromatic carbocycles. The summed E-state index contributed by atoms with van der Waals surface area (Å²) in [5.74, 6) is 0. The average molecular weight is 435 g/mol. The third kappa shape index (κ3) is 4.59. The molecular formula is C26H30N2O2S. The second kappa shape index (κ2) is 8.95. The Hall–Kier alpha value is -2.47. The number of benzene rings is 3. The van der Waals surface area contributed by atoms with E-state index < -0.39 is 10.0 Å². The minimum Gasteiger partial charge on any atom is -0.290 e. The van der Waals surface area contributed by atoms with Crippen molar-refractivity contribution < 1.29 is 8.42 Å². The van der Waals surface area contributed by atoms with Crippen molar-refractivity contribution in [2.24, 2.45) is 0 Å². The van der Waals surface area contributed by atoms with E-state index in [2.05, 4.69) is 61.2 Å². The molecular weight excluding hydrogens is 404 g/mol. The minimum absolute atomic E-state index is 0.116. The predicted octanol–water partition coefficient (Wildman–Crippen LogP) is 4.71. The lowest BCUT2D eigenvalue weighted by molar-refractivity contribution is 0.155. The Morgan fingerprint density at radius 3 is 2.00 bits per heavy atom. The zero-order chi connectivity index (χ0) is 22.0. The maximum Gasteiger partial charge on any atom is 0.243 e. The molecule has 4 nitrogen and oxygen atoms in total. The third-order valence-electron chi connectivity index (χ3n) is 6.14. The molecule has 31 heavy (non-hydrogen) atoms. The monoisotopic (exact) mass is 434 g/mol. The summed E-state index contributed by atoms with van der Waals surface area (Å²) in [6, 6.07) is 24.4. The summed E-state index contributed by atoms with van der Waals surface area (Å²) in [7, 11) is -3.47. The first kappa shape index (κ1) is 21.8. The third-order valence-corrected chi connectivity index (χ3v) is 8.05. The van der Waals surface area contributed by atoms with E-state index in [0.717, 1.165) is 5.56 Å². The van der Waals surface area contributed by atoms with Crippen molar-refractivity contribution in [1.29, 1.82) is 0 Å². The van der Waals surface area contributed by atoms with Gasteiger partial charge in [-0.1, -0.05) is 71.8 Å². The Morgan fingerprint density at radius 2 is 1.35 bits per heavy atom. The summed E-state index contributed by atoms with van der Waals surface area (Å²) in [6.07, 6.45) is 0. The van der Waals surface area contributed by atoms with Crippen molar-refractivity contribution in [2.45, 2.75) is 31.7 Å². The SMILES string of the molecule is Cc1ccc(S(=O)(=O)N2CCN(C(c3ccccc3)c3cc(C)ccc3C)CC2)cc1. The normalized spacial score (nSPS) is 16.9. The molecule has 1 aliphatic rings. The fourth-order valence-electron chi connectivity index (χ4n) is 4.34. The van der Waals surface area contributed by atoms with E-state index in [4.69, 9.17) is 0 Å². The molecule has 0 amide bonds. The molecule has 0 aliphatic carbocycles.